The van der Waals surface area contributed by atoms with E-state index in [0.29, 0.717) is 30.1 Å². The number of aryl methyl sites for hydroxylation is 1. The first-order chi connectivity index (χ1) is 13.4. The van der Waals surface area contributed by atoms with Gasteiger partial charge >= 0.3 is 6.03 Å². The van der Waals surface area contributed by atoms with E-state index in [1.807, 2.05) is 19.1 Å². The van der Waals surface area contributed by atoms with Crippen molar-refractivity contribution in [2.24, 2.45) is 0 Å². The molecule has 0 saturated carbocycles. The van der Waals surface area contributed by atoms with Gasteiger partial charge in [-0.3, -0.25) is 4.79 Å². The Balaban J connectivity index is 1.73. The molecule has 3 amide bonds. The van der Waals surface area contributed by atoms with Gasteiger partial charge in [0.2, 0.25) is 5.91 Å². The van der Waals surface area contributed by atoms with Crippen molar-refractivity contribution >= 4 is 23.3 Å². The lowest BCUT2D eigenvalue weighted by Gasteiger charge is -2.21. The van der Waals surface area contributed by atoms with E-state index in [1.54, 1.807) is 30.2 Å². The fourth-order valence-electron chi connectivity index (χ4n) is 3.57. The molecule has 148 valence electrons. The third-order valence-electron chi connectivity index (χ3n) is 5.26. The van der Waals surface area contributed by atoms with Crippen LogP contribution < -0.4 is 20.3 Å². The minimum atomic E-state index is -0.294. The number of benzene rings is 2. The summed E-state index contributed by atoms with van der Waals surface area (Å²) in [5.41, 5.74) is 4.76. The molecule has 1 fully saturated rings. The molecule has 0 aliphatic carbocycles. The maximum absolute atomic E-state index is 12.5. The van der Waals surface area contributed by atoms with Crippen LogP contribution in [-0.4, -0.2) is 25.6 Å². The van der Waals surface area contributed by atoms with Gasteiger partial charge in [-0.2, -0.15) is 0 Å². The Bertz CT molecular complexity index is 895. The fraction of sp³-hybridized carbons (Fsp3) is 0.364. The van der Waals surface area contributed by atoms with Crippen molar-refractivity contribution in [1.29, 1.82) is 0 Å². The molecular weight excluding hydrogens is 354 g/mol. The number of amides is 3. The summed E-state index contributed by atoms with van der Waals surface area (Å²) in [5.74, 6) is 0.688. The molecule has 2 aromatic rings. The van der Waals surface area contributed by atoms with Crippen LogP contribution in [0.1, 0.15) is 42.5 Å². The summed E-state index contributed by atoms with van der Waals surface area (Å²) in [6.07, 6.45) is 1.36. The first kappa shape index (κ1) is 19.7. The average Bonchev–Trinajstić information content (AvgIpc) is 3.09. The van der Waals surface area contributed by atoms with Crippen LogP contribution in [0.15, 0.2) is 36.4 Å². The molecule has 28 heavy (non-hydrogen) atoms. The van der Waals surface area contributed by atoms with Gasteiger partial charge in [0.25, 0.3) is 0 Å². The Labute approximate surface area is 165 Å². The number of hydrogen-bond acceptors (Lipinski definition) is 3. The van der Waals surface area contributed by atoms with Crippen LogP contribution in [0, 0.1) is 13.8 Å². The highest BCUT2D eigenvalue weighted by atomic mass is 16.5. The lowest BCUT2D eigenvalue weighted by atomic mass is 9.98. The fourth-order valence-corrected chi connectivity index (χ4v) is 3.57. The molecule has 0 bridgehead atoms. The van der Waals surface area contributed by atoms with Crippen LogP contribution in [-0.2, 0) is 4.79 Å². The number of nitrogens with one attached hydrogen (secondary N) is 2. The summed E-state index contributed by atoms with van der Waals surface area (Å²) in [7, 11) is 1.57. The van der Waals surface area contributed by atoms with Gasteiger partial charge in [-0.25, -0.2) is 4.79 Å². The number of carbonyl (C=O) groups excluding carboxylic acids is 2. The van der Waals surface area contributed by atoms with Gasteiger partial charge in [-0.15, -0.1) is 0 Å². The minimum Gasteiger partial charge on any atom is -0.495 e. The van der Waals surface area contributed by atoms with Crippen LogP contribution in [0.5, 0.6) is 5.75 Å². The number of hydrogen-bond donors (Lipinski definition) is 2. The molecule has 0 aromatic heterocycles. The molecule has 1 atom stereocenters. The number of rotatable bonds is 5. The molecule has 1 aliphatic heterocycles. The number of urea groups is 1. The van der Waals surface area contributed by atoms with E-state index in [-0.39, 0.29) is 18.0 Å². The second-order valence-corrected chi connectivity index (χ2v) is 7.14. The van der Waals surface area contributed by atoms with Crippen molar-refractivity contribution < 1.29 is 14.3 Å². The summed E-state index contributed by atoms with van der Waals surface area (Å²) >= 11 is 0. The van der Waals surface area contributed by atoms with Crippen molar-refractivity contribution in [3.8, 4) is 5.75 Å². The number of nitrogens with zero attached hydrogens (tertiary/aromatic N) is 1. The Morgan fingerprint density at radius 1 is 1.21 bits per heavy atom. The Hall–Kier alpha value is -3.02. The van der Waals surface area contributed by atoms with Crippen LogP contribution in [0.25, 0.3) is 0 Å². The van der Waals surface area contributed by atoms with E-state index in [1.165, 1.54) is 11.1 Å². The van der Waals surface area contributed by atoms with E-state index in [9.17, 15) is 9.59 Å². The minimum absolute atomic E-state index is 0.0726. The number of methoxy groups -OCH3 is 1. The van der Waals surface area contributed by atoms with E-state index in [2.05, 4.69) is 30.5 Å². The Morgan fingerprint density at radius 2 is 2.00 bits per heavy atom. The van der Waals surface area contributed by atoms with Gasteiger partial charge in [-0.05, 0) is 62.1 Å². The summed E-state index contributed by atoms with van der Waals surface area (Å²) in [4.78, 5) is 26.3. The SMILES string of the molecule is COc1ccc(NC(=O)NC(C)c2cccc(C)c2C)cc1N1CCCC1=O. The molecular formula is C22H27N3O3. The lowest BCUT2D eigenvalue weighted by molar-refractivity contribution is -0.117. The lowest BCUT2D eigenvalue weighted by Crippen LogP contribution is -2.31. The molecule has 2 aromatic carbocycles. The Morgan fingerprint density at radius 3 is 2.68 bits per heavy atom. The van der Waals surface area contributed by atoms with Crippen molar-refractivity contribution in [1.82, 2.24) is 5.32 Å². The maximum Gasteiger partial charge on any atom is 0.319 e. The topological polar surface area (TPSA) is 70.7 Å². The monoisotopic (exact) mass is 381 g/mol. The van der Waals surface area contributed by atoms with Gasteiger partial charge in [0.15, 0.2) is 0 Å². The average molecular weight is 381 g/mol. The van der Waals surface area contributed by atoms with Gasteiger partial charge in [0.05, 0.1) is 18.8 Å². The third-order valence-corrected chi connectivity index (χ3v) is 5.26. The Kier molecular flexibility index (Phi) is 5.87. The van der Waals surface area contributed by atoms with E-state index >= 15 is 0 Å². The smallest absolute Gasteiger partial charge is 0.319 e. The standard InChI is InChI=1S/C22H27N3O3/c1-14-7-5-8-18(15(14)2)16(3)23-22(27)24-17-10-11-20(28-4)19(13-17)25-12-6-9-21(25)26/h5,7-8,10-11,13,16H,6,9,12H2,1-4H3,(H2,23,24,27). The highest BCUT2D eigenvalue weighted by Gasteiger charge is 2.25. The van der Waals surface area contributed by atoms with Crippen LogP contribution in [0.2, 0.25) is 0 Å². The van der Waals surface area contributed by atoms with E-state index in [0.717, 1.165) is 12.0 Å². The van der Waals surface area contributed by atoms with Crippen LogP contribution in [0.4, 0.5) is 16.2 Å². The molecule has 1 aliphatic rings. The molecule has 2 N–H and O–H groups in total. The second-order valence-electron chi connectivity index (χ2n) is 7.14. The zero-order chi connectivity index (χ0) is 20.3. The van der Waals surface area contributed by atoms with E-state index < -0.39 is 0 Å². The van der Waals surface area contributed by atoms with Crippen molar-refractivity contribution in [2.45, 2.75) is 39.7 Å². The van der Waals surface area contributed by atoms with Crippen molar-refractivity contribution in [2.75, 3.05) is 23.9 Å². The van der Waals surface area contributed by atoms with Gasteiger partial charge in [0.1, 0.15) is 5.75 Å². The van der Waals surface area contributed by atoms with Crippen molar-refractivity contribution in [3.63, 3.8) is 0 Å². The highest BCUT2D eigenvalue weighted by Crippen LogP contribution is 2.34. The summed E-state index contributed by atoms with van der Waals surface area (Å²) in [6.45, 7) is 6.74. The molecule has 3 rings (SSSR count). The van der Waals surface area contributed by atoms with Gasteiger partial charge < -0.3 is 20.3 Å². The third kappa shape index (κ3) is 4.11. The largest absolute Gasteiger partial charge is 0.495 e. The highest BCUT2D eigenvalue weighted by molar-refractivity contribution is 5.98. The first-order valence-electron chi connectivity index (χ1n) is 9.52. The predicted molar refractivity (Wildman–Crippen MR) is 111 cm³/mol. The van der Waals surface area contributed by atoms with Gasteiger partial charge in [0, 0.05) is 18.7 Å². The maximum atomic E-state index is 12.5. The molecule has 1 saturated heterocycles. The zero-order valence-electron chi connectivity index (χ0n) is 16.8. The summed E-state index contributed by atoms with van der Waals surface area (Å²) in [5, 5.41) is 5.84. The first-order valence-corrected chi connectivity index (χ1v) is 9.52. The normalized spacial score (nSPS) is 14.7. The van der Waals surface area contributed by atoms with E-state index in [4.69, 9.17) is 4.74 Å². The molecule has 1 unspecified atom stereocenters. The molecule has 0 spiro atoms. The summed E-state index contributed by atoms with van der Waals surface area (Å²) < 4.78 is 5.39. The molecule has 1 heterocycles. The quantitative estimate of drug-likeness (QED) is 0.810. The van der Waals surface area contributed by atoms with Gasteiger partial charge in [-0.1, -0.05) is 18.2 Å². The van der Waals surface area contributed by atoms with Crippen molar-refractivity contribution in [3.05, 3.63) is 53.1 Å². The molecule has 0 radical (unpaired) electrons. The second kappa shape index (κ2) is 8.33. The molecule has 6 nitrogen and oxygen atoms in total. The predicted octanol–water partition coefficient (Wildman–Crippen LogP) is 4.32. The number of anilines is 2. The zero-order valence-corrected chi connectivity index (χ0v) is 16.8. The van der Waals surface area contributed by atoms with Crippen LogP contribution in [0.3, 0.4) is 0 Å². The molecule has 6 heteroatoms. The number of ether oxygens (including phenoxy) is 1. The number of carbonyl (C=O) groups is 2. The summed E-state index contributed by atoms with van der Waals surface area (Å²) in [6, 6.07) is 11.0. The van der Waals surface area contributed by atoms with Crippen LogP contribution >= 0.6 is 0 Å².